The van der Waals surface area contributed by atoms with Gasteiger partial charge in [0.15, 0.2) is 0 Å². The van der Waals surface area contributed by atoms with Crippen LogP contribution in [0.4, 0.5) is 0 Å². The van der Waals surface area contributed by atoms with Gasteiger partial charge in [-0.25, -0.2) is 0 Å². The largest absolute Gasteiger partial charge is 0.396 e. The van der Waals surface area contributed by atoms with Gasteiger partial charge in [-0.2, -0.15) is 0 Å². The molecule has 1 saturated heterocycles. The summed E-state index contributed by atoms with van der Waals surface area (Å²) in [5.41, 5.74) is 0. The van der Waals surface area contributed by atoms with Crippen LogP contribution >= 0.6 is 0 Å². The first-order valence-electron chi connectivity index (χ1n) is 4.31. The average molecular weight is 159 g/mol. The van der Waals surface area contributed by atoms with Gasteiger partial charge in [-0.1, -0.05) is 6.92 Å². The number of hydrogen-bond donors (Lipinski definition) is 1. The SMILES string of the molecule is CCN1CCO[C@H](CCO)C1. The highest BCUT2D eigenvalue weighted by Gasteiger charge is 2.17. The third kappa shape index (κ3) is 2.77. The summed E-state index contributed by atoms with van der Waals surface area (Å²) in [4.78, 5) is 2.35. The molecule has 1 atom stereocenters. The molecular weight excluding hydrogens is 142 g/mol. The molecule has 0 amide bonds. The maximum atomic E-state index is 8.68. The van der Waals surface area contributed by atoms with Gasteiger partial charge in [-0.05, 0) is 13.0 Å². The van der Waals surface area contributed by atoms with E-state index in [1.165, 1.54) is 0 Å². The fourth-order valence-corrected chi connectivity index (χ4v) is 1.39. The lowest BCUT2D eigenvalue weighted by Gasteiger charge is -2.31. The minimum absolute atomic E-state index is 0.238. The number of hydrogen-bond acceptors (Lipinski definition) is 3. The molecule has 0 unspecified atom stereocenters. The van der Waals surface area contributed by atoms with Crippen molar-refractivity contribution in [3.05, 3.63) is 0 Å². The summed E-state index contributed by atoms with van der Waals surface area (Å²) >= 11 is 0. The van der Waals surface area contributed by atoms with Crippen LogP contribution in [0, 0.1) is 0 Å². The summed E-state index contributed by atoms with van der Waals surface area (Å²) in [6, 6.07) is 0. The molecule has 0 bridgehead atoms. The third-order valence-electron chi connectivity index (χ3n) is 2.12. The predicted octanol–water partition coefficient (Wildman–Crippen LogP) is 0.0895. The number of likely N-dealkylation sites (N-methyl/N-ethyl adjacent to an activating group) is 1. The molecule has 0 aromatic rings. The zero-order chi connectivity index (χ0) is 8.10. The van der Waals surface area contributed by atoms with Crippen LogP contribution in [0.15, 0.2) is 0 Å². The summed E-state index contributed by atoms with van der Waals surface area (Å²) in [7, 11) is 0. The predicted molar refractivity (Wildman–Crippen MR) is 43.6 cm³/mol. The van der Waals surface area contributed by atoms with Crippen molar-refractivity contribution < 1.29 is 9.84 Å². The second-order valence-electron chi connectivity index (χ2n) is 2.90. The fraction of sp³-hybridized carbons (Fsp3) is 1.00. The maximum absolute atomic E-state index is 8.68. The molecule has 0 aromatic heterocycles. The lowest BCUT2D eigenvalue weighted by atomic mass is 10.2. The highest BCUT2D eigenvalue weighted by molar-refractivity contribution is 4.69. The number of ether oxygens (including phenoxy) is 1. The molecule has 0 radical (unpaired) electrons. The van der Waals surface area contributed by atoms with E-state index in [0.29, 0.717) is 0 Å². The monoisotopic (exact) mass is 159 g/mol. The Morgan fingerprint density at radius 3 is 3.09 bits per heavy atom. The fourth-order valence-electron chi connectivity index (χ4n) is 1.39. The van der Waals surface area contributed by atoms with E-state index in [4.69, 9.17) is 9.84 Å². The summed E-state index contributed by atoms with van der Waals surface area (Å²) in [6.45, 7) is 6.32. The standard InChI is InChI=1S/C8H17NO2/c1-2-9-4-6-11-8(7-9)3-5-10/h8,10H,2-7H2,1H3/t8-/m1/s1. The van der Waals surface area contributed by atoms with Crippen LogP contribution < -0.4 is 0 Å². The Balaban J connectivity index is 2.21. The normalized spacial score (nSPS) is 27.3. The molecule has 3 heteroatoms. The van der Waals surface area contributed by atoms with Crippen molar-refractivity contribution >= 4 is 0 Å². The maximum Gasteiger partial charge on any atom is 0.0724 e. The van der Waals surface area contributed by atoms with Crippen molar-refractivity contribution in [2.75, 3.05) is 32.8 Å². The molecule has 1 heterocycles. The molecule has 3 nitrogen and oxygen atoms in total. The Morgan fingerprint density at radius 1 is 1.64 bits per heavy atom. The molecule has 0 spiro atoms. The van der Waals surface area contributed by atoms with Gasteiger partial charge in [0.2, 0.25) is 0 Å². The Morgan fingerprint density at radius 2 is 2.45 bits per heavy atom. The smallest absolute Gasteiger partial charge is 0.0724 e. The van der Waals surface area contributed by atoms with Crippen LogP contribution in [0.1, 0.15) is 13.3 Å². The van der Waals surface area contributed by atoms with Crippen molar-refractivity contribution in [2.45, 2.75) is 19.4 Å². The molecule has 0 saturated carbocycles. The quantitative estimate of drug-likeness (QED) is 0.633. The van der Waals surface area contributed by atoms with Crippen molar-refractivity contribution in [1.29, 1.82) is 0 Å². The summed E-state index contributed by atoms with van der Waals surface area (Å²) in [5, 5.41) is 8.68. The number of morpholine rings is 1. The lowest BCUT2D eigenvalue weighted by Crippen LogP contribution is -2.42. The molecule has 1 rings (SSSR count). The first kappa shape index (κ1) is 8.97. The summed E-state index contributed by atoms with van der Waals surface area (Å²) in [6.07, 6.45) is 1.03. The van der Waals surface area contributed by atoms with Gasteiger partial charge in [0.1, 0.15) is 0 Å². The first-order chi connectivity index (χ1) is 5.36. The average Bonchev–Trinajstić information content (AvgIpc) is 2.06. The van der Waals surface area contributed by atoms with Gasteiger partial charge in [0.05, 0.1) is 12.7 Å². The number of aliphatic hydroxyl groups excluding tert-OH is 1. The Bertz CT molecular complexity index is 106. The van der Waals surface area contributed by atoms with E-state index in [-0.39, 0.29) is 12.7 Å². The first-order valence-corrected chi connectivity index (χ1v) is 4.31. The third-order valence-corrected chi connectivity index (χ3v) is 2.12. The van der Waals surface area contributed by atoms with E-state index in [9.17, 15) is 0 Å². The minimum atomic E-state index is 0.238. The highest BCUT2D eigenvalue weighted by atomic mass is 16.5. The molecule has 66 valence electrons. The molecule has 1 fully saturated rings. The zero-order valence-electron chi connectivity index (χ0n) is 7.12. The van der Waals surface area contributed by atoms with Crippen molar-refractivity contribution in [1.82, 2.24) is 4.90 Å². The van der Waals surface area contributed by atoms with Crippen LogP contribution in [0.25, 0.3) is 0 Å². The molecule has 1 N–H and O–H groups in total. The summed E-state index contributed by atoms with van der Waals surface area (Å²) < 4.78 is 5.45. The van der Waals surface area contributed by atoms with E-state index in [1.807, 2.05) is 0 Å². The van der Waals surface area contributed by atoms with E-state index in [1.54, 1.807) is 0 Å². The lowest BCUT2D eigenvalue weighted by molar-refractivity contribution is -0.0363. The Kier molecular flexibility index (Phi) is 3.83. The molecule has 11 heavy (non-hydrogen) atoms. The van der Waals surface area contributed by atoms with Crippen LogP contribution in [0.3, 0.4) is 0 Å². The molecular formula is C8H17NO2. The van der Waals surface area contributed by atoms with Crippen LogP contribution in [0.5, 0.6) is 0 Å². The van der Waals surface area contributed by atoms with Crippen LogP contribution in [-0.4, -0.2) is 49.0 Å². The second kappa shape index (κ2) is 4.70. The van der Waals surface area contributed by atoms with Gasteiger partial charge < -0.3 is 9.84 Å². The number of aliphatic hydroxyl groups is 1. The Hall–Kier alpha value is -0.120. The molecule has 0 aromatic carbocycles. The van der Waals surface area contributed by atoms with Gasteiger partial charge in [0.25, 0.3) is 0 Å². The topological polar surface area (TPSA) is 32.7 Å². The van der Waals surface area contributed by atoms with E-state index < -0.39 is 0 Å². The van der Waals surface area contributed by atoms with Gasteiger partial charge >= 0.3 is 0 Å². The van der Waals surface area contributed by atoms with Gasteiger partial charge in [0, 0.05) is 19.7 Å². The van der Waals surface area contributed by atoms with E-state index in [2.05, 4.69) is 11.8 Å². The van der Waals surface area contributed by atoms with Crippen LogP contribution in [0.2, 0.25) is 0 Å². The molecule has 1 aliphatic rings. The zero-order valence-corrected chi connectivity index (χ0v) is 7.12. The van der Waals surface area contributed by atoms with E-state index >= 15 is 0 Å². The minimum Gasteiger partial charge on any atom is -0.396 e. The van der Waals surface area contributed by atoms with E-state index in [0.717, 1.165) is 32.7 Å². The number of nitrogens with zero attached hydrogens (tertiary/aromatic N) is 1. The Labute approximate surface area is 68.0 Å². The summed E-state index contributed by atoms with van der Waals surface area (Å²) in [5.74, 6) is 0. The van der Waals surface area contributed by atoms with Crippen LogP contribution in [-0.2, 0) is 4.74 Å². The number of rotatable bonds is 3. The van der Waals surface area contributed by atoms with Gasteiger partial charge in [-0.3, -0.25) is 4.90 Å². The molecule has 1 aliphatic heterocycles. The molecule has 0 aliphatic carbocycles. The highest BCUT2D eigenvalue weighted by Crippen LogP contribution is 2.07. The van der Waals surface area contributed by atoms with Crippen molar-refractivity contribution in [3.63, 3.8) is 0 Å². The van der Waals surface area contributed by atoms with Crippen molar-refractivity contribution in [2.24, 2.45) is 0 Å². The second-order valence-corrected chi connectivity index (χ2v) is 2.90. The van der Waals surface area contributed by atoms with Crippen molar-refractivity contribution in [3.8, 4) is 0 Å². The van der Waals surface area contributed by atoms with Gasteiger partial charge in [-0.15, -0.1) is 0 Å².